The lowest BCUT2D eigenvalue weighted by Crippen LogP contribution is -2.27. The zero-order chi connectivity index (χ0) is 23.6. The van der Waals surface area contributed by atoms with Crippen LogP contribution in [-0.4, -0.2) is 18.9 Å². The summed E-state index contributed by atoms with van der Waals surface area (Å²) in [5, 5.41) is 20.1. The molecule has 1 unspecified atom stereocenters. The Morgan fingerprint density at radius 1 is 1.03 bits per heavy atom. The van der Waals surface area contributed by atoms with Crippen LogP contribution < -0.4 is 0 Å². The molecule has 1 aliphatic heterocycles. The summed E-state index contributed by atoms with van der Waals surface area (Å²) in [6, 6.07) is 23.1. The van der Waals surface area contributed by atoms with E-state index in [-0.39, 0.29) is 27.7 Å². The molecule has 1 heterocycles. The van der Waals surface area contributed by atoms with E-state index in [4.69, 9.17) is 10.00 Å². The Hall–Kier alpha value is -3.96. The number of rotatable bonds is 6. The van der Waals surface area contributed by atoms with Gasteiger partial charge in [0.2, 0.25) is 9.84 Å². The standard InChI is InChI=1S/C25H20N2O5S/c1-25(15-18-5-3-2-4-6-18)16-23(24(32-25)20-9-7-19(17-26)8-10-20)33(30,31)22-13-11-21(12-14-22)27(28)29/h2-14H,15-16H2,1H3. The third kappa shape index (κ3) is 4.49. The smallest absolute Gasteiger partial charge is 0.269 e. The van der Waals surface area contributed by atoms with Crippen LogP contribution >= 0.6 is 0 Å². The number of nitro benzene ring substituents is 1. The minimum atomic E-state index is -3.99. The molecule has 3 aromatic rings. The van der Waals surface area contributed by atoms with Crippen LogP contribution in [-0.2, 0) is 21.0 Å². The number of benzene rings is 3. The van der Waals surface area contributed by atoms with E-state index in [1.165, 1.54) is 24.3 Å². The maximum atomic E-state index is 13.6. The molecule has 0 saturated carbocycles. The minimum absolute atomic E-state index is 0.0400. The Labute approximate surface area is 191 Å². The lowest BCUT2D eigenvalue weighted by atomic mass is 9.94. The number of nitriles is 1. The molecule has 0 radical (unpaired) electrons. The first-order valence-electron chi connectivity index (χ1n) is 10.2. The van der Waals surface area contributed by atoms with E-state index < -0.39 is 20.4 Å². The van der Waals surface area contributed by atoms with Gasteiger partial charge in [-0.05, 0) is 48.9 Å². The summed E-state index contributed by atoms with van der Waals surface area (Å²) in [6.07, 6.45) is 0.628. The average Bonchev–Trinajstić information content (AvgIpc) is 3.18. The van der Waals surface area contributed by atoms with Crippen LogP contribution in [0, 0.1) is 21.4 Å². The second-order valence-corrected chi connectivity index (χ2v) is 10.1. The molecule has 0 fully saturated rings. The van der Waals surface area contributed by atoms with Crippen LogP contribution in [0.2, 0.25) is 0 Å². The lowest BCUT2D eigenvalue weighted by Gasteiger charge is -2.25. The lowest BCUT2D eigenvalue weighted by molar-refractivity contribution is -0.384. The van der Waals surface area contributed by atoms with Gasteiger partial charge >= 0.3 is 0 Å². The van der Waals surface area contributed by atoms with Crippen molar-refractivity contribution < 1.29 is 18.1 Å². The predicted molar refractivity (Wildman–Crippen MR) is 123 cm³/mol. The highest BCUT2D eigenvalue weighted by Crippen LogP contribution is 2.45. The van der Waals surface area contributed by atoms with Crippen molar-refractivity contribution in [3.05, 3.63) is 111 Å². The van der Waals surface area contributed by atoms with Gasteiger partial charge in [0, 0.05) is 30.5 Å². The van der Waals surface area contributed by atoms with E-state index in [9.17, 15) is 18.5 Å². The van der Waals surface area contributed by atoms with E-state index in [2.05, 4.69) is 0 Å². The van der Waals surface area contributed by atoms with Crippen molar-refractivity contribution in [3.63, 3.8) is 0 Å². The van der Waals surface area contributed by atoms with Gasteiger partial charge in [-0.2, -0.15) is 5.26 Å². The second-order valence-electron chi connectivity index (χ2n) is 8.09. The Bertz CT molecular complexity index is 1370. The van der Waals surface area contributed by atoms with Gasteiger partial charge in [0.05, 0.1) is 26.4 Å². The summed E-state index contributed by atoms with van der Waals surface area (Å²) in [7, 11) is -3.99. The maximum Gasteiger partial charge on any atom is 0.269 e. The molecule has 7 nitrogen and oxygen atoms in total. The molecule has 0 aromatic heterocycles. The molecule has 0 bridgehead atoms. The number of non-ortho nitro benzene ring substituents is 1. The maximum absolute atomic E-state index is 13.6. The van der Waals surface area contributed by atoms with Crippen molar-refractivity contribution in [2.75, 3.05) is 0 Å². The van der Waals surface area contributed by atoms with Gasteiger partial charge in [-0.1, -0.05) is 30.3 Å². The van der Waals surface area contributed by atoms with Crippen molar-refractivity contribution in [1.29, 1.82) is 5.26 Å². The van der Waals surface area contributed by atoms with Gasteiger partial charge in [-0.25, -0.2) is 8.42 Å². The molecule has 33 heavy (non-hydrogen) atoms. The Kier molecular flexibility index (Phi) is 5.75. The Morgan fingerprint density at radius 3 is 2.24 bits per heavy atom. The van der Waals surface area contributed by atoms with E-state index in [1.807, 2.05) is 43.3 Å². The molecular formula is C25H20N2O5S. The van der Waals surface area contributed by atoms with Gasteiger partial charge in [-0.15, -0.1) is 0 Å². The molecular weight excluding hydrogens is 440 g/mol. The first kappa shape index (κ1) is 22.2. The summed E-state index contributed by atoms with van der Waals surface area (Å²) in [6.45, 7) is 1.86. The zero-order valence-electron chi connectivity index (χ0n) is 17.8. The third-order valence-corrected chi connectivity index (χ3v) is 7.39. The van der Waals surface area contributed by atoms with Crippen molar-refractivity contribution in [3.8, 4) is 6.07 Å². The third-order valence-electron chi connectivity index (χ3n) is 5.52. The zero-order valence-corrected chi connectivity index (χ0v) is 18.6. The first-order chi connectivity index (χ1) is 15.7. The molecule has 1 aliphatic rings. The molecule has 166 valence electrons. The first-order valence-corrected chi connectivity index (χ1v) is 11.7. The van der Waals surface area contributed by atoms with Crippen molar-refractivity contribution in [1.82, 2.24) is 0 Å². The van der Waals surface area contributed by atoms with Crippen LogP contribution in [0.25, 0.3) is 5.76 Å². The number of sulfone groups is 1. The topological polar surface area (TPSA) is 110 Å². The quantitative estimate of drug-likeness (QED) is 0.377. The summed E-state index contributed by atoms with van der Waals surface area (Å²) in [4.78, 5) is 10.5. The van der Waals surface area contributed by atoms with E-state index in [1.54, 1.807) is 24.3 Å². The number of nitrogens with zero attached hydrogens (tertiary/aromatic N) is 2. The number of hydrogen-bond donors (Lipinski definition) is 0. The van der Waals surface area contributed by atoms with E-state index in [0.29, 0.717) is 17.5 Å². The number of nitro groups is 1. The predicted octanol–water partition coefficient (Wildman–Crippen LogP) is 5.03. The molecule has 0 aliphatic carbocycles. The summed E-state index contributed by atoms with van der Waals surface area (Å²) < 4.78 is 33.5. The molecule has 8 heteroatoms. The largest absolute Gasteiger partial charge is 0.485 e. The van der Waals surface area contributed by atoms with Crippen LogP contribution in [0.15, 0.2) is 88.7 Å². The molecule has 3 aromatic carbocycles. The van der Waals surface area contributed by atoms with Crippen molar-refractivity contribution >= 4 is 21.3 Å². The van der Waals surface area contributed by atoms with Gasteiger partial charge in [0.1, 0.15) is 11.4 Å². The summed E-state index contributed by atoms with van der Waals surface area (Å²) in [5.74, 6) is 0.233. The summed E-state index contributed by atoms with van der Waals surface area (Å²) >= 11 is 0. The monoisotopic (exact) mass is 460 g/mol. The number of hydrogen-bond acceptors (Lipinski definition) is 6. The highest BCUT2D eigenvalue weighted by atomic mass is 32.2. The average molecular weight is 461 g/mol. The highest BCUT2D eigenvalue weighted by Gasteiger charge is 2.43. The Balaban J connectivity index is 1.78. The molecule has 0 saturated heterocycles. The molecule has 4 rings (SSSR count). The van der Waals surface area contributed by atoms with Crippen LogP contribution in [0.5, 0.6) is 0 Å². The molecule has 0 N–H and O–H groups in total. The van der Waals surface area contributed by atoms with Crippen LogP contribution in [0.4, 0.5) is 5.69 Å². The van der Waals surface area contributed by atoms with Gasteiger partial charge in [-0.3, -0.25) is 10.1 Å². The molecule has 1 atom stereocenters. The number of ether oxygens (including phenoxy) is 1. The van der Waals surface area contributed by atoms with E-state index in [0.717, 1.165) is 5.56 Å². The van der Waals surface area contributed by atoms with Crippen LogP contribution in [0.3, 0.4) is 0 Å². The molecule has 0 spiro atoms. The SMILES string of the molecule is CC1(Cc2ccccc2)CC(S(=O)(=O)c2ccc([N+](=O)[O-])cc2)=C(c2ccc(C#N)cc2)O1. The van der Waals surface area contributed by atoms with Gasteiger partial charge < -0.3 is 4.74 Å². The van der Waals surface area contributed by atoms with Gasteiger partial charge in [0.15, 0.2) is 0 Å². The van der Waals surface area contributed by atoms with Crippen molar-refractivity contribution in [2.24, 2.45) is 0 Å². The normalized spacial score (nSPS) is 17.9. The Morgan fingerprint density at radius 2 is 1.67 bits per heavy atom. The molecule has 0 amide bonds. The summed E-state index contributed by atoms with van der Waals surface area (Å²) in [5.41, 5.74) is 1.00. The minimum Gasteiger partial charge on any atom is -0.485 e. The second kappa shape index (κ2) is 8.52. The van der Waals surface area contributed by atoms with Crippen molar-refractivity contribution in [2.45, 2.75) is 30.3 Å². The fourth-order valence-corrected chi connectivity index (χ4v) is 5.59. The fourth-order valence-electron chi connectivity index (χ4n) is 3.91. The fraction of sp³-hybridized carbons (Fsp3) is 0.160. The highest BCUT2D eigenvalue weighted by molar-refractivity contribution is 7.95. The van der Waals surface area contributed by atoms with E-state index >= 15 is 0 Å². The van der Waals surface area contributed by atoms with Gasteiger partial charge in [0.25, 0.3) is 5.69 Å². The van der Waals surface area contributed by atoms with Crippen LogP contribution in [0.1, 0.15) is 30.0 Å².